The molecule has 0 radical (unpaired) electrons. The van der Waals surface area contributed by atoms with Gasteiger partial charge in [-0.05, 0) is 49.1 Å². The molecule has 0 atom stereocenters. The number of benzene rings is 2. The summed E-state index contributed by atoms with van der Waals surface area (Å²) in [5, 5.41) is 3.90. The second kappa shape index (κ2) is 7.60. The summed E-state index contributed by atoms with van der Waals surface area (Å²) in [5.74, 6) is 1.05. The number of anilines is 2. The Kier molecular flexibility index (Phi) is 5.01. The van der Waals surface area contributed by atoms with Crippen molar-refractivity contribution in [3.63, 3.8) is 0 Å². The number of fused-ring (bicyclic) bond motifs is 1. The third-order valence-electron chi connectivity index (χ3n) is 4.94. The zero-order valence-corrected chi connectivity index (χ0v) is 16.6. The predicted octanol–water partition coefficient (Wildman–Crippen LogP) is 4.69. The summed E-state index contributed by atoms with van der Waals surface area (Å²) in [6.45, 7) is 5.07. The van der Waals surface area contributed by atoms with Gasteiger partial charge in [-0.15, -0.1) is 0 Å². The van der Waals surface area contributed by atoms with Crippen LogP contribution in [0.3, 0.4) is 0 Å². The van der Waals surface area contributed by atoms with Gasteiger partial charge in [0.25, 0.3) is 5.91 Å². The first-order chi connectivity index (χ1) is 13.5. The summed E-state index contributed by atoms with van der Waals surface area (Å²) in [6.07, 6.45) is 0.860. The highest BCUT2D eigenvalue weighted by Crippen LogP contribution is 2.25. The zero-order valence-electron chi connectivity index (χ0n) is 15.9. The summed E-state index contributed by atoms with van der Waals surface area (Å²) in [5.41, 5.74) is 4.80. The third kappa shape index (κ3) is 3.85. The number of rotatable bonds is 3. The minimum absolute atomic E-state index is 0.0779. The van der Waals surface area contributed by atoms with Crippen LogP contribution in [-0.2, 0) is 13.0 Å². The average Bonchev–Trinajstić information content (AvgIpc) is 2.69. The number of aromatic nitrogens is 2. The molecule has 1 aliphatic heterocycles. The number of amides is 1. The number of halogens is 1. The summed E-state index contributed by atoms with van der Waals surface area (Å²) in [7, 11) is 0. The van der Waals surface area contributed by atoms with Crippen molar-refractivity contribution < 1.29 is 4.79 Å². The normalized spacial score (nSPS) is 13.2. The lowest BCUT2D eigenvalue weighted by Crippen LogP contribution is -2.36. The van der Waals surface area contributed by atoms with Crippen LogP contribution < -0.4 is 5.32 Å². The Morgan fingerprint density at radius 1 is 1.07 bits per heavy atom. The quantitative estimate of drug-likeness (QED) is 0.702. The van der Waals surface area contributed by atoms with Gasteiger partial charge in [-0.1, -0.05) is 41.9 Å². The highest BCUT2D eigenvalue weighted by atomic mass is 35.5. The van der Waals surface area contributed by atoms with Gasteiger partial charge in [0.2, 0.25) is 0 Å². The van der Waals surface area contributed by atoms with E-state index < -0.39 is 0 Å². The fourth-order valence-corrected chi connectivity index (χ4v) is 3.61. The van der Waals surface area contributed by atoms with Gasteiger partial charge in [0.05, 0.1) is 0 Å². The molecule has 1 aromatic heterocycles. The summed E-state index contributed by atoms with van der Waals surface area (Å²) in [6, 6.07) is 15.6. The molecule has 0 saturated heterocycles. The van der Waals surface area contributed by atoms with E-state index in [4.69, 9.17) is 11.6 Å². The highest BCUT2D eigenvalue weighted by Gasteiger charge is 2.23. The molecular weight excluding hydrogens is 372 g/mol. The number of nitrogens with zero attached hydrogens (tertiary/aromatic N) is 3. The molecule has 0 unspecified atom stereocenters. The number of nitrogens with one attached hydrogen (secondary N) is 1. The van der Waals surface area contributed by atoms with Gasteiger partial charge < -0.3 is 10.2 Å². The van der Waals surface area contributed by atoms with E-state index in [0.29, 0.717) is 35.4 Å². The molecule has 1 aliphatic rings. The molecular formula is C22H21ClN4O. The monoisotopic (exact) mass is 392 g/mol. The number of hydrogen-bond acceptors (Lipinski definition) is 4. The Bertz CT molecular complexity index is 1050. The third-order valence-corrected chi connectivity index (χ3v) is 5.17. The lowest BCUT2D eigenvalue weighted by Gasteiger charge is -2.28. The van der Waals surface area contributed by atoms with Crippen LogP contribution in [0.15, 0.2) is 48.5 Å². The first-order valence-electron chi connectivity index (χ1n) is 9.24. The molecule has 0 fully saturated rings. The van der Waals surface area contributed by atoms with Crippen molar-refractivity contribution in [3.8, 4) is 0 Å². The fourth-order valence-electron chi connectivity index (χ4n) is 3.44. The van der Waals surface area contributed by atoms with Crippen LogP contribution >= 0.6 is 11.6 Å². The van der Waals surface area contributed by atoms with Gasteiger partial charge in [-0.3, -0.25) is 4.79 Å². The fraction of sp³-hybridized carbons (Fsp3) is 0.227. The number of aryl methyl sites for hydroxylation is 2. The smallest absolute Gasteiger partial charge is 0.272 e. The van der Waals surface area contributed by atoms with Crippen LogP contribution in [0.1, 0.15) is 33.0 Å². The maximum absolute atomic E-state index is 13.1. The molecule has 2 heterocycles. The second-order valence-electron chi connectivity index (χ2n) is 7.02. The van der Waals surface area contributed by atoms with E-state index in [1.807, 2.05) is 42.2 Å². The molecule has 0 spiro atoms. The molecule has 0 aliphatic carbocycles. The first-order valence-corrected chi connectivity index (χ1v) is 9.62. The summed E-state index contributed by atoms with van der Waals surface area (Å²) < 4.78 is 0. The number of carbonyl (C=O) groups is 1. The first kappa shape index (κ1) is 18.4. The highest BCUT2D eigenvalue weighted by molar-refractivity contribution is 6.30. The molecule has 4 rings (SSSR count). The molecule has 2 aromatic carbocycles. The maximum Gasteiger partial charge on any atom is 0.272 e. The molecule has 1 N–H and O–H groups in total. The van der Waals surface area contributed by atoms with E-state index >= 15 is 0 Å². The van der Waals surface area contributed by atoms with Gasteiger partial charge >= 0.3 is 0 Å². The Morgan fingerprint density at radius 2 is 1.86 bits per heavy atom. The van der Waals surface area contributed by atoms with Gasteiger partial charge in [-0.2, -0.15) is 0 Å². The van der Waals surface area contributed by atoms with Gasteiger partial charge in [0.15, 0.2) is 0 Å². The molecule has 0 bridgehead atoms. The van der Waals surface area contributed by atoms with E-state index in [9.17, 15) is 4.79 Å². The van der Waals surface area contributed by atoms with E-state index in [1.165, 1.54) is 11.1 Å². The van der Waals surface area contributed by atoms with Crippen LogP contribution in [0, 0.1) is 13.8 Å². The Balaban J connectivity index is 1.58. The van der Waals surface area contributed by atoms with E-state index in [-0.39, 0.29) is 5.91 Å². The Labute approximate surface area is 169 Å². The van der Waals surface area contributed by atoms with Gasteiger partial charge in [-0.25, -0.2) is 9.97 Å². The van der Waals surface area contributed by atoms with Crippen molar-refractivity contribution in [1.82, 2.24) is 14.9 Å². The standard InChI is InChI=1S/C22H21ClN4O/c1-14-7-8-18(23)11-19(14)26-21-12-20(24-15(2)25-21)22(28)27-10-9-16-5-3-4-6-17(16)13-27/h3-8,11-12H,9-10,13H2,1-2H3,(H,24,25,26). The molecule has 142 valence electrons. The maximum atomic E-state index is 13.1. The van der Waals surface area contributed by atoms with Crippen LogP contribution in [0.4, 0.5) is 11.5 Å². The summed E-state index contributed by atoms with van der Waals surface area (Å²) >= 11 is 6.11. The molecule has 0 saturated carbocycles. The topological polar surface area (TPSA) is 58.1 Å². The predicted molar refractivity (Wildman–Crippen MR) is 111 cm³/mol. The molecule has 1 amide bonds. The number of carbonyl (C=O) groups excluding carboxylic acids is 1. The van der Waals surface area contributed by atoms with Crippen molar-refractivity contribution in [1.29, 1.82) is 0 Å². The van der Waals surface area contributed by atoms with Crippen LogP contribution in [0.5, 0.6) is 0 Å². The molecule has 5 nitrogen and oxygen atoms in total. The minimum Gasteiger partial charge on any atom is -0.340 e. The minimum atomic E-state index is -0.0779. The molecule has 3 aromatic rings. The Hall–Kier alpha value is -2.92. The number of hydrogen-bond donors (Lipinski definition) is 1. The van der Waals surface area contributed by atoms with Crippen molar-refractivity contribution in [2.75, 3.05) is 11.9 Å². The van der Waals surface area contributed by atoms with Crippen molar-refractivity contribution >= 4 is 29.0 Å². The van der Waals surface area contributed by atoms with Crippen LogP contribution in [-0.4, -0.2) is 27.3 Å². The lowest BCUT2D eigenvalue weighted by atomic mass is 10.00. The van der Waals surface area contributed by atoms with Crippen LogP contribution in [0.25, 0.3) is 0 Å². The van der Waals surface area contributed by atoms with Crippen molar-refractivity contribution in [3.05, 3.63) is 81.8 Å². The lowest BCUT2D eigenvalue weighted by molar-refractivity contribution is 0.0728. The molecule has 28 heavy (non-hydrogen) atoms. The SMILES string of the molecule is Cc1nc(Nc2cc(Cl)ccc2C)cc(C(=O)N2CCc3ccccc3C2)n1. The van der Waals surface area contributed by atoms with E-state index in [1.54, 1.807) is 13.0 Å². The van der Waals surface area contributed by atoms with E-state index in [2.05, 4.69) is 27.4 Å². The van der Waals surface area contributed by atoms with Gasteiger partial charge in [0, 0.05) is 29.9 Å². The Morgan fingerprint density at radius 3 is 2.68 bits per heavy atom. The average molecular weight is 393 g/mol. The van der Waals surface area contributed by atoms with Crippen LogP contribution in [0.2, 0.25) is 5.02 Å². The van der Waals surface area contributed by atoms with Gasteiger partial charge in [0.1, 0.15) is 17.3 Å². The summed E-state index contributed by atoms with van der Waals surface area (Å²) in [4.78, 5) is 23.7. The largest absolute Gasteiger partial charge is 0.340 e. The van der Waals surface area contributed by atoms with Crippen molar-refractivity contribution in [2.45, 2.75) is 26.8 Å². The zero-order chi connectivity index (χ0) is 19.7. The van der Waals surface area contributed by atoms with Crippen molar-refractivity contribution in [2.24, 2.45) is 0 Å². The van der Waals surface area contributed by atoms with E-state index in [0.717, 1.165) is 17.7 Å². The molecule has 6 heteroatoms. The second-order valence-corrected chi connectivity index (χ2v) is 7.45.